The van der Waals surface area contributed by atoms with Crippen LogP contribution in [0.2, 0.25) is 0 Å². The highest BCUT2D eigenvalue weighted by Gasteiger charge is 2.21. The minimum atomic E-state index is -1.04. The first-order valence-corrected chi connectivity index (χ1v) is 11.2. The molecule has 1 amide bonds. The highest BCUT2D eigenvalue weighted by Crippen LogP contribution is 2.15. The third-order valence-corrected chi connectivity index (χ3v) is 5.24. The molecule has 0 spiro atoms. The van der Waals surface area contributed by atoms with Crippen molar-refractivity contribution >= 4 is 11.9 Å². The molecule has 0 fully saturated rings. The second kappa shape index (κ2) is 15.1. The third kappa shape index (κ3) is 9.38. The summed E-state index contributed by atoms with van der Waals surface area (Å²) in [7, 11) is 0. The molecule has 0 aromatic heterocycles. The van der Waals surface area contributed by atoms with Gasteiger partial charge in [0, 0.05) is 13.1 Å². The van der Waals surface area contributed by atoms with Crippen LogP contribution in [-0.2, 0) is 0 Å². The normalized spacial score (nSPS) is 10.8. The molecular weight excluding hydrogens is 350 g/mol. The summed E-state index contributed by atoms with van der Waals surface area (Å²) in [4.78, 5) is 26.4. The molecule has 0 aliphatic heterocycles. The Morgan fingerprint density at radius 1 is 0.714 bits per heavy atom. The van der Waals surface area contributed by atoms with Gasteiger partial charge in [0.05, 0.1) is 11.1 Å². The lowest BCUT2D eigenvalue weighted by Crippen LogP contribution is -2.34. The average molecular weight is 390 g/mol. The summed E-state index contributed by atoms with van der Waals surface area (Å²) in [6, 6.07) is 6.57. The predicted octanol–water partition coefficient (Wildman–Crippen LogP) is 6.55. The van der Waals surface area contributed by atoms with E-state index in [2.05, 4.69) is 13.8 Å². The van der Waals surface area contributed by atoms with E-state index in [0.717, 1.165) is 25.7 Å². The van der Waals surface area contributed by atoms with Crippen molar-refractivity contribution in [2.75, 3.05) is 13.1 Å². The fourth-order valence-electron chi connectivity index (χ4n) is 3.51. The molecule has 0 aliphatic rings. The summed E-state index contributed by atoms with van der Waals surface area (Å²) in [5, 5.41) is 9.42. The van der Waals surface area contributed by atoms with Crippen molar-refractivity contribution in [3.63, 3.8) is 0 Å². The zero-order valence-corrected chi connectivity index (χ0v) is 17.9. The first-order valence-electron chi connectivity index (χ1n) is 11.2. The lowest BCUT2D eigenvalue weighted by Gasteiger charge is -2.23. The Kier molecular flexibility index (Phi) is 13.1. The zero-order chi connectivity index (χ0) is 20.6. The number of nitrogens with zero attached hydrogens (tertiary/aromatic N) is 1. The van der Waals surface area contributed by atoms with Crippen LogP contribution in [0.3, 0.4) is 0 Å². The number of amides is 1. The van der Waals surface area contributed by atoms with E-state index in [4.69, 9.17) is 0 Å². The van der Waals surface area contributed by atoms with Gasteiger partial charge in [0.1, 0.15) is 0 Å². The number of carbonyl (C=O) groups is 2. The van der Waals surface area contributed by atoms with Gasteiger partial charge in [-0.15, -0.1) is 0 Å². The second-order valence-corrected chi connectivity index (χ2v) is 7.68. The summed E-state index contributed by atoms with van der Waals surface area (Å²) >= 11 is 0. The van der Waals surface area contributed by atoms with Gasteiger partial charge < -0.3 is 10.0 Å². The molecule has 0 atom stereocenters. The molecule has 0 bridgehead atoms. The number of carbonyl (C=O) groups excluding carboxylic acids is 1. The Hall–Kier alpha value is -1.84. The largest absolute Gasteiger partial charge is 0.478 e. The van der Waals surface area contributed by atoms with Crippen LogP contribution in [0.5, 0.6) is 0 Å². The first kappa shape index (κ1) is 24.2. The van der Waals surface area contributed by atoms with Gasteiger partial charge in [0.25, 0.3) is 5.91 Å². The van der Waals surface area contributed by atoms with E-state index in [0.29, 0.717) is 18.7 Å². The molecule has 0 saturated carbocycles. The van der Waals surface area contributed by atoms with Crippen molar-refractivity contribution in [3.05, 3.63) is 35.4 Å². The monoisotopic (exact) mass is 389 g/mol. The van der Waals surface area contributed by atoms with Crippen LogP contribution in [0, 0.1) is 0 Å². The summed E-state index contributed by atoms with van der Waals surface area (Å²) in [5.74, 6) is -1.18. The number of aromatic carboxylic acids is 1. The standard InChI is InChI=1S/C24H39NO3/c1-3-5-7-9-11-15-19-25(20-16-12-10-8-6-4-2)23(26)21-17-13-14-18-22(21)24(27)28/h13-14,17-18H,3-12,15-16,19-20H2,1-2H3,(H,27,28). The number of carboxylic acids is 1. The molecule has 1 aromatic carbocycles. The van der Waals surface area contributed by atoms with Crippen molar-refractivity contribution in [3.8, 4) is 0 Å². The number of rotatable bonds is 16. The minimum Gasteiger partial charge on any atom is -0.478 e. The van der Waals surface area contributed by atoms with Gasteiger partial charge in [0.15, 0.2) is 0 Å². The number of hydrogen-bond donors (Lipinski definition) is 1. The molecule has 0 saturated heterocycles. The van der Waals surface area contributed by atoms with Crippen molar-refractivity contribution < 1.29 is 14.7 Å². The number of unbranched alkanes of at least 4 members (excludes halogenated alkanes) is 10. The molecule has 0 aliphatic carbocycles. The zero-order valence-electron chi connectivity index (χ0n) is 17.9. The Morgan fingerprint density at radius 3 is 1.61 bits per heavy atom. The van der Waals surface area contributed by atoms with Gasteiger partial charge in [-0.25, -0.2) is 4.79 Å². The highest BCUT2D eigenvalue weighted by molar-refractivity contribution is 6.04. The molecule has 28 heavy (non-hydrogen) atoms. The van der Waals surface area contributed by atoms with E-state index in [9.17, 15) is 14.7 Å². The molecule has 1 aromatic rings. The van der Waals surface area contributed by atoms with Crippen LogP contribution >= 0.6 is 0 Å². The van der Waals surface area contributed by atoms with Gasteiger partial charge in [0.2, 0.25) is 0 Å². The number of carboxylic acid groups (broad SMARTS) is 1. The van der Waals surface area contributed by atoms with Crippen molar-refractivity contribution in [1.82, 2.24) is 4.90 Å². The van der Waals surface area contributed by atoms with Gasteiger partial charge in [-0.05, 0) is 25.0 Å². The van der Waals surface area contributed by atoms with E-state index >= 15 is 0 Å². The van der Waals surface area contributed by atoms with E-state index < -0.39 is 5.97 Å². The molecule has 0 unspecified atom stereocenters. The lowest BCUT2D eigenvalue weighted by molar-refractivity contribution is 0.0673. The van der Waals surface area contributed by atoms with Crippen LogP contribution in [0.1, 0.15) is 112 Å². The van der Waals surface area contributed by atoms with Crippen LogP contribution in [0.25, 0.3) is 0 Å². The smallest absolute Gasteiger partial charge is 0.336 e. The maximum absolute atomic E-state index is 13.1. The molecule has 158 valence electrons. The van der Waals surface area contributed by atoms with Crippen LogP contribution in [-0.4, -0.2) is 35.0 Å². The predicted molar refractivity (Wildman–Crippen MR) is 116 cm³/mol. The Labute approximate surface area is 171 Å². The molecular formula is C24H39NO3. The quantitative estimate of drug-likeness (QED) is 0.326. The summed E-state index contributed by atoms with van der Waals surface area (Å²) < 4.78 is 0. The third-order valence-electron chi connectivity index (χ3n) is 5.24. The molecule has 1 rings (SSSR count). The summed E-state index contributed by atoms with van der Waals surface area (Å²) in [6.07, 6.45) is 14.1. The number of hydrogen-bond acceptors (Lipinski definition) is 2. The average Bonchev–Trinajstić information content (AvgIpc) is 2.71. The maximum Gasteiger partial charge on any atom is 0.336 e. The van der Waals surface area contributed by atoms with E-state index in [-0.39, 0.29) is 11.5 Å². The Balaban J connectivity index is 2.65. The fourth-order valence-corrected chi connectivity index (χ4v) is 3.51. The Bertz CT molecular complexity index is 555. The lowest BCUT2D eigenvalue weighted by atomic mass is 10.0. The van der Waals surface area contributed by atoms with Crippen molar-refractivity contribution in [1.29, 1.82) is 0 Å². The van der Waals surface area contributed by atoms with E-state index in [1.54, 1.807) is 18.2 Å². The van der Waals surface area contributed by atoms with Crippen LogP contribution in [0.4, 0.5) is 0 Å². The topological polar surface area (TPSA) is 57.6 Å². The molecule has 4 nitrogen and oxygen atoms in total. The highest BCUT2D eigenvalue weighted by atomic mass is 16.4. The first-order chi connectivity index (χ1) is 13.6. The SMILES string of the molecule is CCCCCCCCN(CCCCCCCC)C(=O)c1ccccc1C(=O)O. The summed E-state index contributed by atoms with van der Waals surface area (Å²) in [5.41, 5.74) is 0.412. The second-order valence-electron chi connectivity index (χ2n) is 7.68. The van der Waals surface area contributed by atoms with Gasteiger partial charge >= 0.3 is 5.97 Å². The van der Waals surface area contributed by atoms with Gasteiger partial charge in [-0.2, -0.15) is 0 Å². The Morgan fingerprint density at radius 2 is 1.14 bits per heavy atom. The molecule has 0 heterocycles. The minimum absolute atomic E-state index is 0.100. The van der Waals surface area contributed by atoms with E-state index in [1.165, 1.54) is 57.4 Å². The maximum atomic E-state index is 13.1. The number of benzene rings is 1. The van der Waals surface area contributed by atoms with Crippen molar-refractivity contribution in [2.45, 2.75) is 90.9 Å². The fraction of sp³-hybridized carbons (Fsp3) is 0.667. The van der Waals surface area contributed by atoms with Crippen LogP contribution < -0.4 is 0 Å². The molecule has 1 N–H and O–H groups in total. The summed E-state index contributed by atoms with van der Waals surface area (Å²) in [6.45, 7) is 5.85. The molecule has 0 radical (unpaired) electrons. The van der Waals surface area contributed by atoms with Crippen LogP contribution in [0.15, 0.2) is 24.3 Å². The van der Waals surface area contributed by atoms with E-state index in [1.807, 2.05) is 4.90 Å². The van der Waals surface area contributed by atoms with Crippen molar-refractivity contribution in [2.24, 2.45) is 0 Å². The van der Waals surface area contributed by atoms with Gasteiger partial charge in [-0.3, -0.25) is 4.79 Å². The molecule has 4 heteroatoms. The van der Waals surface area contributed by atoms with Gasteiger partial charge in [-0.1, -0.05) is 90.2 Å².